The molecule has 1 aromatic rings. The van der Waals surface area contributed by atoms with Gasteiger partial charge in [-0.25, -0.2) is 0 Å². The lowest BCUT2D eigenvalue weighted by molar-refractivity contribution is -0.136. The number of nitrogens with zero attached hydrogens (tertiary/aromatic N) is 2. The predicted molar refractivity (Wildman–Crippen MR) is 92.2 cm³/mol. The number of carbonyl (C=O) groups is 2. The standard InChI is InChI=1S/C18H25N3O3/c1-12-4-5-16(24-3)15(8-12)21-11-13(9-17(21)22)18(23)20(2)14-6-7-19-10-14/h4-5,8,13-14,19H,6-7,9-11H2,1-3H3. The van der Waals surface area contributed by atoms with Crippen molar-refractivity contribution in [3.05, 3.63) is 23.8 Å². The van der Waals surface area contributed by atoms with Gasteiger partial charge in [-0.15, -0.1) is 0 Å². The van der Waals surface area contributed by atoms with Gasteiger partial charge in [-0.3, -0.25) is 9.59 Å². The summed E-state index contributed by atoms with van der Waals surface area (Å²) >= 11 is 0. The van der Waals surface area contributed by atoms with Gasteiger partial charge in [0, 0.05) is 32.6 Å². The summed E-state index contributed by atoms with van der Waals surface area (Å²) in [7, 11) is 3.44. The lowest BCUT2D eigenvalue weighted by Gasteiger charge is -2.26. The topological polar surface area (TPSA) is 61.9 Å². The Balaban J connectivity index is 1.76. The van der Waals surface area contributed by atoms with E-state index in [0.29, 0.717) is 12.3 Å². The summed E-state index contributed by atoms with van der Waals surface area (Å²) in [5.74, 6) is 0.421. The Morgan fingerprint density at radius 3 is 2.88 bits per heavy atom. The summed E-state index contributed by atoms with van der Waals surface area (Å²) in [6.45, 7) is 4.17. The second-order valence-electron chi connectivity index (χ2n) is 6.68. The Morgan fingerprint density at radius 1 is 1.42 bits per heavy atom. The molecular formula is C18H25N3O3. The Labute approximate surface area is 142 Å². The molecule has 3 rings (SSSR count). The normalized spacial score (nSPS) is 23.6. The van der Waals surface area contributed by atoms with Gasteiger partial charge in [-0.1, -0.05) is 6.07 Å². The highest BCUT2D eigenvalue weighted by molar-refractivity contribution is 6.01. The van der Waals surface area contributed by atoms with Gasteiger partial charge in [0.25, 0.3) is 0 Å². The van der Waals surface area contributed by atoms with Crippen LogP contribution in [0.3, 0.4) is 0 Å². The molecule has 2 heterocycles. The van der Waals surface area contributed by atoms with Crippen molar-refractivity contribution in [2.24, 2.45) is 5.92 Å². The van der Waals surface area contributed by atoms with Crippen LogP contribution in [0.5, 0.6) is 5.75 Å². The van der Waals surface area contributed by atoms with Gasteiger partial charge < -0.3 is 19.9 Å². The fourth-order valence-electron chi connectivity index (χ4n) is 3.55. The molecule has 0 saturated carbocycles. The van der Waals surface area contributed by atoms with E-state index in [9.17, 15) is 9.59 Å². The minimum atomic E-state index is -0.284. The fraction of sp³-hybridized carbons (Fsp3) is 0.556. The third-order valence-electron chi connectivity index (χ3n) is 5.03. The number of carbonyl (C=O) groups excluding carboxylic acids is 2. The highest BCUT2D eigenvalue weighted by Gasteiger charge is 2.39. The van der Waals surface area contributed by atoms with Gasteiger partial charge in [0.2, 0.25) is 11.8 Å². The first-order chi connectivity index (χ1) is 11.5. The zero-order valence-electron chi connectivity index (χ0n) is 14.5. The number of methoxy groups -OCH3 is 1. The number of ether oxygens (including phenoxy) is 1. The van der Waals surface area contributed by atoms with Crippen LogP contribution in [0.2, 0.25) is 0 Å². The summed E-state index contributed by atoms with van der Waals surface area (Å²) in [4.78, 5) is 28.8. The molecule has 1 N–H and O–H groups in total. The van der Waals surface area contributed by atoms with E-state index in [0.717, 1.165) is 30.8 Å². The van der Waals surface area contributed by atoms with E-state index in [2.05, 4.69) is 5.32 Å². The smallest absolute Gasteiger partial charge is 0.228 e. The molecule has 130 valence electrons. The molecule has 0 radical (unpaired) electrons. The van der Waals surface area contributed by atoms with Gasteiger partial charge in [0.15, 0.2) is 0 Å². The molecule has 2 saturated heterocycles. The molecule has 2 aliphatic rings. The molecule has 2 atom stereocenters. The molecule has 2 amide bonds. The van der Waals surface area contributed by atoms with Crippen molar-refractivity contribution >= 4 is 17.5 Å². The molecule has 6 heteroatoms. The molecule has 0 spiro atoms. The minimum absolute atomic E-state index is 0.0183. The summed E-state index contributed by atoms with van der Waals surface area (Å²) in [5.41, 5.74) is 1.81. The number of likely N-dealkylation sites (N-methyl/N-ethyl adjacent to an activating group) is 1. The van der Waals surface area contributed by atoms with Crippen molar-refractivity contribution in [2.75, 3.05) is 38.7 Å². The molecule has 2 aliphatic heterocycles. The third kappa shape index (κ3) is 3.11. The van der Waals surface area contributed by atoms with Crippen molar-refractivity contribution < 1.29 is 14.3 Å². The van der Waals surface area contributed by atoms with E-state index in [1.807, 2.05) is 37.1 Å². The van der Waals surface area contributed by atoms with Crippen molar-refractivity contribution in [2.45, 2.75) is 25.8 Å². The van der Waals surface area contributed by atoms with Crippen molar-refractivity contribution in [3.63, 3.8) is 0 Å². The number of hydrogen-bond donors (Lipinski definition) is 1. The number of anilines is 1. The lowest BCUT2D eigenvalue weighted by atomic mass is 10.1. The van der Waals surface area contributed by atoms with Crippen LogP contribution in [-0.2, 0) is 9.59 Å². The average Bonchev–Trinajstić information content (AvgIpc) is 3.23. The van der Waals surface area contributed by atoms with Gasteiger partial charge >= 0.3 is 0 Å². The Bertz CT molecular complexity index is 640. The van der Waals surface area contributed by atoms with E-state index in [1.54, 1.807) is 12.0 Å². The second-order valence-corrected chi connectivity index (χ2v) is 6.68. The monoisotopic (exact) mass is 331 g/mol. The molecule has 6 nitrogen and oxygen atoms in total. The van der Waals surface area contributed by atoms with E-state index in [-0.39, 0.29) is 30.2 Å². The minimum Gasteiger partial charge on any atom is -0.495 e. The van der Waals surface area contributed by atoms with Gasteiger partial charge in [-0.2, -0.15) is 0 Å². The maximum absolute atomic E-state index is 12.8. The van der Waals surface area contributed by atoms with E-state index in [4.69, 9.17) is 4.74 Å². The Hall–Kier alpha value is -2.08. The van der Waals surface area contributed by atoms with Gasteiger partial charge in [0.1, 0.15) is 5.75 Å². The lowest BCUT2D eigenvalue weighted by Crippen LogP contribution is -2.42. The van der Waals surface area contributed by atoms with Crippen LogP contribution in [0.1, 0.15) is 18.4 Å². The summed E-state index contributed by atoms with van der Waals surface area (Å²) in [5, 5.41) is 3.28. The number of aryl methyl sites for hydroxylation is 1. The number of nitrogens with one attached hydrogen (secondary N) is 1. The zero-order chi connectivity index (χ0) is 17.3. The zero-order valence-corrected chi connectivity index (χ0v) is 14.5. The molecule has 24 heavy (non-hydrogen) atoms. The fourth-order valence-corrected chi connectivity index (χ4v) is 3.55. The van der Waals surface area contributed by atoms with Crippen LogP contribution in [0, 0.1) is 12.8 Å². The van der Waals surface area contributed by atoms with Crippen LogP contribution < -0.4 is 15.0 Å². The highest BCUT2D eigenvalue weighted by atomic mass is 16.5. The number of benzene rings is 1. The molecule has 0 aliphatic carbocycles. The first-order valence-corrected chi connectivity index (χ1v) is 8.43. The third-order valence-corrected chi connectivity index (χ3v) is 5.03. The van der Waals surface area contributed by atoms with E-state index < -0.39 is 0 Å². The maximum Gasteiger partial charge on any atom is 0.228 e. The van der Waals surface area contributed by atoms with Crippen molar-refractivity contribution in [3.8, 4) is 5.75 Å². The van der Waals surface area contributed by atoms with E-state index >= 15 is 0 Å². The molecule has 2 fully saturated rings. The number of rotatable bonds is 4. The summed E-state index contributed by atoms with van der Waals surface area (Å²) < 4.78 is 5.39. The van der Waals surface area contributed by atoms with Gasteiger partial charge in [0.05, 0.1) is 18.7 Å². The van der Waals surface area contributed by atoms with Crippen LogP contribution in [0.25, 0.3) is 0 Å². The van der Waals surface area contributed by atoms with Crippen LogP contribution in [0.4, 0.5) is 5.69 Å². The molecular weight excluding hydrogens is 306 g/mol. The largest absolute Gasteiger partial charge is 0.495 e. The Kier molecular flexibility index (Phi) is 4.76. The first kappa shape index (κ1) is 16.8. The first-order valence-electron chi connectivity index (χ1n) is 8.43. The predicted octanol–water partition coefficient (Wildman–Crippen LogP) is 1.18. The maximum atomic E-state index is 12.8. The molecule has 2 unspecified atom stereocenters. The SMILES string of the molecule is COc1ccc(C)cc1N1CC(C(=O)N(C)C2CCNC2)CC1=O. The van der Waals surface area contributed by atoms with Gasteiger partial charge in [-0.05, 0) is 37.6 Å². The van der Waals surface area contributed by atoms with Crippen LogP contribution in [0.15, 0.2) is 18.2 Å². The van der Waals surface area contributed by atoms with Crippen molar-refractivity contribution in [1.82, 2.24) is 10.2 Å². The molecule has 0 bridgehead atoms. The van der Waals surface area contributed by atoms with Crippen molar-refractivity contribution in [1.29, 1.82) is 0 Å². The summed E-state index contributed by atoms with van der Waals surface area (Å²) in [6, 6.07) is 5.99. The number of amides is 2. The highest BCUT2D eigenvalue weighted by Crippen LogP contribution is 2.34. The Morgan fingerprint density at radius 2 is 2.21 bits per heavy atom. The average molecular weight is 331 g/mol. The van der Waals surface area contributed by atoms with E-state index in [1.165, 1.54) is 0 Å². The van der Waals surface area contributed by atoms with Crippen LogP contribution in [-0.4, -0.2) is 56.5 Å². The quantitative estimate of drug-likeness (QED) is 0.900. The molecule has 1 aromatic carbocycles. The molecule has 0 aromatic heterocycles. The van der Waals surface area contributed by atoms with Crippen LogP contribution >= 0.6 is 0 Å². The summed E-state index contributed by atoms with van der Waals surface area (Å²) in [6.07, 6.45) is 1.23. The number of hydrogen-bond acceptors (Lipinski definition) is 4. The second kappa shape index (κ2) is 6.81.